The molecule has 4 N–H and O–H groups in total. The average molecular weight is 452 g/mol. The van der Waals surface area contributed by atoms with Gasteiger partial charge in [0.15, 0.2) is 6.17 Å². The van der Waals surface area contributed by atoms with Gasteiger partial charge in [-0.25, -0.2) is 5.53 Å². The fourth-order valence-corrected chi connectivity index (χ4v) is 5.55. The standard InChI is InChI=1S/C24H33N7O2/c1-30(2)21(32)17-7-9-19-15(13-17)5-6-16-14-18(22(33)31(3)4)8-10-20(16)24(19,11-12-25)23-26-28-29-27-23/h7-10,13-15,19,23H,5-6,11-12,25H2,1-4H3,(H,26,29)(H,27,28). The number of amides is 2. The number of aryl methyl sites for hydroxylation is 1. The summed E-state index contributed by atoms with van der Waals surface area (Å²) in [6, 6.07) is 5.98. The minimum atomic E-state index is -0.488. The molecule has 0 saturated carbocycles. The van der Waals surface area contributed by atoms with Gasteiger partial charge in [-0.15, -0.1) is 5.11 Å². The van der Waals surface area contributed by atoms with Crippen LogP contribution in [0.3, 0.4) is 0 Å². The van der Waals surface area contributed by atoms with E-state index in [4.69, 9.17) is 5.73 Å². The third-order valence-corrected chi connectivity index (χ3v) is 7.06. The van der Waals surface area contributed by atoms with Crippen molar-refractivity contribution in [3.05, 3.63) is 58.7 Å². The van der Waals surface area contributed by atoms with Gasteiger partial charge in [-0.05, 0) is 60.9 Å². The molecule has 0 aromatic heterocycles. The Morgan fingerprint density at radius 2 is 1.94 bits per heavy atom. The molecule has 0 bridgehead atoms. The van der Waals surface area contributed by atoms with E-state index in [9.17, 15) is 9.59 Å². The first-order chi connectivity index (χ1) is 15.8. The van der Waals surface area contributed by atoms with E-state index < -0.39 is 5.41 Å². The minimum absolute atomic E-state index is 0.00454. The molecule has 3 aliphatic rings. The number of hydrogen-bond donors (Lipinski definition) is 3. The van der Waals surface area contributed by atoms with Crippen molar-refractivity contribution in [3.8, 4) is 0 Å². The molecule has 2 amide bonds. The lowest BCUT2D eigenvalue weighted by molar-refractivity contribution is -0.124. The highest BCUT2D eigenvalue weighted by molar-refractivity contribution is 5.96. The zero-order chi connectivity index (χ0) is 23.8. The molecular weight excluding hydrogens is 418 g/mol. The molecule has 0 fully saturated rings. The molecule has 4 unspecified atom stereocenters. The van der Waals surface area contributed by atoms with E-state index in [1.54, 1.807) is 38.0 Å². The van der Waals surface area contributed by atoms with Gasteiger partial charge in [0.2, 0.25) is 0 Å². The second-order valence-corrected chi connectivity index (χ2v) is 9.43. The van der Waals surface area contributed by atoms with Gasteiger partial charge in [-0.2, -0.15) is 5.43 Å². The topological polar surface area (TPSA) is 115 Å². The summed E-state index contributed by atoms with van der Waals surface area (Å²) in [4.78, 5) is 28.6. The maximum atomic E-state index is 12.7. The highest BCUT2D eigenvalue weighted by Gasteiger charge is 2.52. The first-order valence-electron chi connectivity index (χ1n) is 11.4. The second-order valence-electron chi connectivity index (χ2n) is 9.43. The molecule has 1 aromatic rings. The summed E-state index contributed by atoms with van der Waals surface area (Å²) in [7, 11) is 7.05. The van der Waals surface area contributed by atoms with Crippen molar-refractivity contribution in [2.45, 2.75) is 30.8 Å². The first kappa shape index (κ1) is 23.1. The number of rotatable bonds is 5. The number of fused-ring (bicyclic) bond motifs is 2. The summed E-state index contributed by atoms with van der Waals surface area (Å²) in [5.74, 6) is 0.157. The maximum Gasteiger partial charge on any atom is 0.253 e. The van der Waals surface area contributed by atoms with Gasteiger partial charge in [0.1, 0.15) is 0 Å². The zero-order valence-corrected chi connectivity index (χ0v) is 19.7. The van der Waals surface area contributed by atoms with Crippen LogP contribution in [-0.4, -0.2) is 62.5 Å². The normalized spacial score (nSPS) is 27.7. The molecule has 1 aromatic carbocycles. The quantitative estimate of drug-likeness (QED) is 0.628. The van der Waals surface area contributed by atoms with Crippen molar-refractivity contribution in [2.75, 3.05) is 34.7 Å². The van der Waals surface area contributed by atoms with Gasteiger partial charge >= 0.3 is 0 Å². The molecule has 1 aliphatic heterocycles. The SMILES string of the molecule is CN(C)C(=O)C1=CC2CCc3cc(C(=O)N(C)C)ccc3C(CCN)(C3N=NNN3)C2C=C1. The molecule has 2 aliphatic carbocycles. The van der Waals surface area contributed by atoms with Crippen molar-refractivity contribution in [2.24, 2.45) is 27.9 Å². The fourth-order valence-electron chi connectivity index (χ4n) is 5.55. The highest BCUT2D eigenvalue weighted by atomic mass is 16.2. The Hall–Kier alpha value is -3.04. The van der Waals surface area contributed by atoms with E-state index >= 15 is 0 Å². The molecule has 9 heteroatoms. The fraction of sp³-hybridized carbons (Fsp3) is 0.500. The molecular formula is C24H33N7O2. The molecule has 9 nitrogen and oxygen atoms in total. The van der Waals surface area contributed by atoms with Crippen LogP contribution in [0.25, 0.3) is 0 Å². The Morgan fingerprint density at radius 3 is 2.58 bits per heavy atom. The van der Waals surface area contributed by atoms with E-state index in [1.165, 1.54) is 0 Å². The predicted molar refractivity (Wildman–Crippen MR) is 126 cm³/mol. The van der Waals surface area contributed by atoms with E-state index in [1.807, 2.05) is 18.2 Å². The molecule has 0 saturated heterocycles. The van der Waals surface area contributed by atoms with Gasteiger partial charge in [0.25, 0.3) is 11.8 Å². The lowest BCUT2D eigenvalue weighted by Gasteiger charge is -2.45. The maximum absolute atomic E-state index is 12.7. The van der Waals surface area contributed by atoms with Crippen molar-refractivity contribution >= 4 is 11.8 Å². The third kappa shape index (κ3) is 3.95. The van der Waals surface area contributed by atoms with Crippen molar-refractivity contribution in [1.82, 2.24) is 20.8 Å². The van der Waals surface area contributed by atoms with Gasteiger partial charge in [0.05, 0.1) is 0 Å². The van der Waals surface area contributed by atoms with Crippen LogP contribution in [0, 0.1) is 11.8 Å². The van der Waals surface area contributed by atoms with Crippen LogP contribution in [0.4, 0.5) is 0 Å². The van der Waals surface area contributed by atoms with Crippen molar-refractivity contribution < 1.29 is 9.59 Å². The average Bonchev–Trinajstić information content (AvgIpc) is 3.31. The predicted octanol–water partition coefficient (Wildman–Crippen LogP) is 1.54. The van der Waals surface area contributed by atoms with Crippen LogP contribution in [0.15, 0.2) is 52.3 Å². The largest absolute Gasteiger partial charge is 0.345 e. The van der Waals surface area contributed by atoms with Crippen molar-refractivity contribution in [1.29, 1.82) is 0 Å². The Labute approximate surface area is 194 Å². The summed E-state index contributed by atoms with van der Waals surface area (Å²) in [5, 5.41) is 8.50. The zero-order valence-electron chi connectivity index (χ0n) is 19.7. The van der Waals surface area contributed by atoms with Gasteiger partial charge in [-0.1, -0.05) is 29.5 Å². The summed E-state index contributed by atoms with van der Waals surface area (Å²) in [6.45, 7) is 0.468. The number of allylic oxidation sites excluding steroid dienone is 2. The first-order valence-corrected chi connectivity index (χ1v) is 11.4. The van der Waals surface area contributed by atoms with Crippen LogP contribution >= 0.6 is 0 Å². The van der Waals surface area contributed by atoms with E-state index in [2.05, 4.69) is 39.5 Å². The monoisotopic (exact) mass is 451 g/mol. The third-order valence-electron chi connectivity index (χ3n) is 7.06. The van der Waals surface area contributed by atoms with Gasteiger partial charge < -0.3 is 15.5 Å². The summed E-state index contributed by atoms with van der Waals surface area (Å²) >= 11 is 0. The van der Waals surface area contributed by atoms with Crippen LogP contribution < -0.4 is 16.7 Å². The summed E-state index contributed by atoms with van der Waals surface area (Å²) in [5.41, 5.74) is 15.3. The Balaban J connectivity index is 1.87. The van der Waals surface area contributed by atoms with E-state index in [0.29, 0.717) is 24.1 Å². The molecule has 1 heterocycles. The van der Waals surface area contributed by atoms with Gasteiger partial charge in [0, 0.05) is 44.7 Å². The molecule has 0 radical (unpaired) electrons. The Bertz CT molecular complexity index is 1030. The highest BCUT2D eigenvalue weighted by Crippen LogP contribution is 2.51. The van der Waals surface area contributed by atoms with E-state index in [0.717, 1.165) is 24.0 Å². The summed E-state index contributed by atoms with van der Waals surface area (Å²) < 4.78 is 0. The number of benzene rings is 1. The molecule has 4 rings (SSSR count). The number of likely N-dealkylation sites (N-methyl/N-ethyl adjacent to an activating group) is 1. The number of nitrogens with one attached hydrogen (secondary N) is 2. The Kier molecular flexibility index (Phi) is 6.36. The number of carbonyl (C=O) groups excluding carboxylic acids is 2. The van der Waals surface area contributed by atoms with Crippen LogP contribution in [0.1, 0.15) is 34.3 Å². The van der Waals surface area contributed by atoms with Gasteiger partial charge in [-0.3, -0.25) is 9.59 Å². The number of hydrogen-bond acceptors (Lipinski definition) is 7. The van der Waals surface area contributed by atoms with Crippen LogP contribution in [0.2, 0.25) is 0 Å². The van der Waals surface area contributed by atoms with Crippen molar-refractivity contribution in [3.63, 3.8) is 0 Å². The number of nitrogens with zero attached hydrogens (tertiary/aromatic N) is 4. The minimum Gasteiger partial charge on any atom is -0.345 e. The Morgan fingerprint density at radius 1 is 1.18 bits per heavy atom. The number of nitrogens with two attached hydrogens (primary N) is 1. The summed E-state index contributed by atoms with van der Waals surface area (Å²) in [6.07, 6.45) is 8.19. The second kappa shape index (κ2) is 9.07. The lowest BCUT2D eigenvalue weighted by atomic mass is 9.60. The molecule has 4 atom stereocenters. The lowest BCUT2D eigenvalue weighted by Crippen LogP contribution is -2.54. The van der Waals surface area contributed by atoms with E-state index in [-0.39, 0.29) is 29.8 Å². The smallest absolute Gasteiger partial charge is 0.253 e. The van der Waals surface area contributed by atoms with Crippen LogP contribution in [0.5, 0.6) is 0 Å². The number of hydrazine groups is 1. The molecule has 33 heavy (non-hydrogen) atoms. The molecule has 0 spiro atoms. The molecule has 176 valence electrons. The van der Waals surface area contributed by atoms with Crippen LogP contribution in [-0.2, 0) is 16.6 Å². The number of carbonyl (C=O) groups is 2.